The van der Waals surface area contributed by atoms with Crippen molar-refractivity contribution in [3.8, 4) is 0 Å². The summed E-state index contributed by atoms with van der Waals surface area (Å²) >= 11 is 5.14. The number of hydrogen-bond acceptors (Lipinski definition) is 3. The molecule has 3 nitrogen and oxygen atoms in total. The first kappa shape index (κ1) is 9.91. The van der Waals surface area contributed by atoms with Crippen LogP contribution in [0.25, 0.3) is 0 Å². The molecule has 0 aliphatic heterocycles. The number of carbonyl (C=O) groups is 1. The second kappa shape index (κ2) is 3.29. The van der Waals surface area contributed by atoms with Crippen LogP contribution in [0.1, 0.15) is 16.1 Å². The van der Waals surface area contributed by atoms with E-state index in [1.54, 1.807) is 0 Å². The van der Waals surface area contributed by atoms with Gasteiger partial charge in [-0.05, 0) is 11.6 Å². The summed E-state index contributed by atoms with van der Waals surface area (Å²) in [6.07, 6.45) is -3.94. The maximum atomic E-state index is 12.1. The molecule has 0 radical (unpaired) electrons. The first-order chi connectivity index (χ1) is 5.95. The highest BCUT2D eigenvalue weighted by atomic mass is 35.5. The van der Waals surface area contributed by atoms with E-state index >= 15 is 0 Å². The fourth-order valence-electron chi connectivity index (χ4n) is 0.683. The Labute approximate surface area is 75.6 Å². The van der Waals surface area contributed by atoms with Crippen molar-refractivity contribution in [2.24, 2.45) is 0 Å². The quantitative estimate of drug-likeness (QED) is 0.526. The van der Waals surface area contributed by atoms with Crippen molar-refractivity contribution in [3.05, 3.63) is 22.7 Å². The van der Waals surface area contributed by atoms with Crippen molar-refractivity contribution in [1.29, 1.82) is 0 Å². The minimum Gasteiger partial charge on any atom is -0.298 e. The lowest BCUT2D eigenvalue weighted by Crippen LogP contribution is -2.12. The fourth-order valence-corrected chi connectivity index (χ4v) is 0.816. The van der Waals surface area contributed by atoms with Crippen molar-refractivity contribution in [2.75, 3.05) is 0 Å². The Morgan fingerprint density at radius 2 is 2.08 bits per heavy atom. The third-order valence-corrected chi connectivity index (χ3v) is 1.37. The molecule has 0 saturated heterocycles. The van der Waals surface area contributed by atoms with Crippen LogP contribution in [-0.4, -0.2) is 16.3 Å². The van der Waals surface area contributed by atoms with Gasteiger partial charge in [0.25, 0.3) is 0 Å². The van der Waals surface area contributed by atoms with Gasteiger partial charge in [0.15, 0.2) is 12.0 Å². The molecule has 1 heterocycles. The number of carbonyl (C=O) groups excluding carboxylic acids is 1. The van der Waals surface area contributed by atoms with E-state index in [-0.39, 0.29) is 6.29 Å². The molecule has 0 atom stereocenters. The highest BCUT2D eigenvalue weighted by Crippen LogP contribution is 2.29. The molecule has 1 rings (SSSR count). The maximum Gasteiger partial charge on any atom is 0.434 e. The van der Waals surface area contributed by atoms with Crippen LogP contribution in [0, 0.1) is 0 Å². The molecule has 7 heteroatoms. The lowest BCUT2D eigenvalue weighted by molar-refractivity contribution is -0.141. The lowest BCUT2D eigenvalue weighted by Gasteiger charge is -2.06. The van der Waals surface area contributed by atoms with E-state index in [9.17, 15) is 18.0 Å². The molecule has 0 aromatic carbocycles. The second-order valence-corrected chi connectivity index (χ2v) is 2.40. The summed E-state index contributed by atoms with van der Waals surface area (Å²) in [6, 6.07) is 0. The Morgan fingerprint density at radius 1 is 1.46 bits per heavy atom. The summed E-state index contributed by atoms with van der Waals surface area (Å²) in [6.45, 7) is 0. The third-order valence-electron chi connectivity index (χ3n) is 1.18. The number of halogens is 4. The predicted molar refractivity (Wildman–Crippen MR) is 37.4 cm³/mol. The summed E-state index contributed by atoms with van der Waals surface area (Å²) in [4.78, 5) is 16.3. The standard InChI is InChI=1S/C6H2ClF3N2O/c7-5-11-1-3(2-13)4(12-5)6(8,9)10/h1-2H. The minimum atomic E-state index is -4.69. The molecule has 0 spiro atoms. The van der Waals surface area contributed by atoms with Gasteiger partial charge in [0.2, 0.25) is 5.28 Å². The molecule has 0 N–H and O–H groups in total. The molecule has 0 fully saturated rings. The zero-order valence-electron chi connectivity index (χ0n) is 5.97. The van der Waals surface area contributed by atoms with Crippen molar-refractivity contribution >= 4 is 17.9 Å². The van der Waals surface area contributed by atoms with Gasteiger partial charge in [-0.15, -0.1) is 0 Å². The van der Waals surface area contributed by atoms with Gasteiger partial charge in [0.1, 0.15) is 0 Å². The van der Waals surface area contributed by atoms with Crippen molar-refractivity contribution in [2.45, 2.75) is 6.18 Å². The van der Waals surface area contributed by atoms with Crippen LogP contribution in [0.2, 0.25) is 5.28 Å². The highest BCUT2D eigenvalue weighted by Gasteiger charge is 2.35. The van der Waals surface area contributed by atoms with Crippen LogP contribution in [0.3, 0.4) is 0 Å². The van der Waals surface area contributed by atoms with E-state index < -0.39 is 22.7 Å². The fraction of sp³-hybridized carbons (Fsp3) is 0.167. The SMILES string of the molecule is O=Cc1cnc(Cl)nc1C(F)(F)F. The first-order valence-corrected chi connectivity index (χ1v) is 3.38. The molecule has 0 bridgehead atoms. The Morgan fingerprint density at radius 3 is 2.54 bits per heavy atom. The summed E-state index contributed by atoms with van der Waals surface area (Å²) < 4.78 is 36.3. The minimum absolute atomic E-state index is 0.0269. The first-order valence-electron chi connectivity index (χ1n) is 3.00. The molecule has 0 amide bonds. The van der Waals surface area contributed by atoms with Crippen molar-refractivity contribution < 1.29 is 18.0 Å². The Hall–Kier alpha value is -1.17. The molecule has 1 aromatic heterocycles. The molecular formula is C6H2ClF3N2O. The molecule has 0 unspecified atom stereocenters. The molecular weight excluding hydrogens is 209 g/mol. The van der Waals surface area contributed by atoms with Crippen LogP contribution < -0.4 is 0 Å². The van der Waals surface area contributed by atoms with Gasteiger partial charge in [-0.3, -0.25) is 4.79 Å². The molecule has 13 heavy (non-hydrogen) atoms. The number of aldehydes is 1. The maximum absolute atomic E-state index is 12.1. The van der Waals surface area contributed by atoms with E-state index in [4.69, 9.17) is 11.6 Å². The van der Waals surface area contributed by atoms with Gasteiger partial charge >= 0.3 is 6.18 Å². The molecule has 0 aliphatic rings. The third kappa shape index (κ3) is 2.15. The number of alkyl halides is 3. The largest absolute Gasteiger partial charge is 0.434 e. The summed E-state index contributed by atoms with van der Waals surface area (Å²) in [5.74, 6) is 0. The Kier molecular flexibility index (Phi) is 2.51. The van der Waals surface area contributed by atoms with Crippen LogP contribution in [0.15, 0.2) is 6.20 Å². The number of nitrogens with zero attached hydrogens (tertiary/aromatic N) is 2. The normalized spacial score (nSPS) is 11.4. The van der Waals surface area contributed by atoms with Gasteiger partial charge in [-0.2, -0.15) is 13.2 Å². The lowest BCUT2D eigenvalue weighted by atomic mass is 10.2. The molecule has 0 saturated carbocycles. The van der Waals surface area contributed by atoms with Crippen LogP contribution in [0.4, 0.5) is 13.2 Å². The van der Waals surface area contributed by atoms with Gasteiger partial charge in [-0.25, -0.2) is 9.97 Å². The van der Waals surface area contributed by atoms with E-state index in [2.05, 4.69) is 9.97 Å². The van der Waals surface area contributed by atoms with Gasteiger partial charge < -0.3 is 0 Å². The monoisotopic (exact) mass is 210 g/mol. The molecule has 70 valence electrons. The van der Waals surface area contributed by atoms with Crippen LogP contribution >= 0.6 is 11.6 Å². The Bertz CT molecular complexity index is 339. The summed E-state index contributed by atoms with van der Waals surface area (Å²) in [5.41, 5.74) is -1.94. The summed E-state index contributed by atoms with van der Waals surface area (Å²) in [7, 11) is 0. The highest BCUT2D eigenvalue weighted by molar-refractivity contribution is 6.28. The summed E-state index contributed by atoms with van der Waals surface area (Å²) in [5, 5.41) is -0.544. The van der Waals surface area contributed by atoms with Gasteiger partial charge in [0, 0.05) is 6.20 Å². The average Bonchev–Trinajstić information content (AvgIpc) is 2.03. The zero-order valence-corrected chi connectivity index (χ0v) is 6.73. The van der Waals surface area contributed by atoms with Crippen molar-refractivity contribution in [3.63, 3.8) is 0 Å². The van der Waals surface area contributed by atoms with Crippen LogP contribution in [-0.2, 0) is 6.18 Å². The number of rotatable bonds is 1. The van der Waals surface area contributed by atoms with E-state index in [1.807, 2.05) is 0 Å². The zero-order chi connectivity index (χ0) is 10.1. The van der Waals surface area contributed by atoms with Crippen LogP contribution in [0.5, 0.6) is 0 Å². The predicted octanol–water partition coefficient (Wildman–Crippen LogP) is 1.96. The molecule has 0 aliphatic carbocycles. The number of hydrogen-bond donors (Lipinski definition) is 0. The Balaban J connectivity index is 3.32. The van der Waals surface area contributed by atoms with Gasteiger partial charge in [0.05, 0.1) is 5.56 Å². The molecule has 1 aromatic rings. The smallest absolute Gasteiger partial charge is 0.298 e. The van der Waals surface area contributed by atoms with E-state index in [0.29, 0.717) is 0 Å². The van der Waals surface area contributed by atoms with E-state index in [0.717, 1.165) is 6.20 Å². The van der Waals surface area contributed by atoms with E-state index in [1.165, 1.54) is 0 Å². The van der Waals surface area contributed by atoms with Gasteiger partial charge in [-0.1, -0.05) is 0 Å². The topological polar surface area (TPSA) is 42.9 Å². The van der Waals surface area contributed by atoms with Crippen molar-refractivity contribution in [1.82, 2.24) is 9.97 Å². The second-order valence-electron chi connectivity index (χ2n) is 2.06. The number of aromatic nitrogens is 2. The average molecular weight is 211 g/mol.